The number of pyridine rings is 1. The van der Waals surface area contributed by atoms with Crippen LogP contribution in [0.1, 0.15) is 16.9 Å². The molecule has 7 nitrogen and oxygen atoms in total. The molecule has 0 unspecified atom stereocenters. The Balaban J connectivity index is 2.48. The van der Waals surface area contributed by atoms with E-state index in [1.807, 2.05) is 6.07 Å². The molecule has 0 fully saturated rings. The summed E-state index contributed by atoms with van der Waals surface area (Å²) in [6.07, 6.45) is -0.796. The maximum atomic E-state index is 12.3. The Labute approximate surface area is 119 Å². The molecule has 1 aromatic heterocycles. The van der Waals surface area contributed by atoms with Gasteiger partial charge in [-0.25, -0.2) is 9.78 Å². The van der Waals surface area contributed by atoms with Gasteiger partial charge in [0.1, 0.15) is 5.69 Å². The van der Waals surface area contributed by atoms with Crippen LogP contribution < -0.4 is 11.5 Å². The molecule has 0 bridgehead atoms. The lowest BCUT2D eigenvalue weighted by atomic mass is 9.88. The number of primary amides is 1. The average Bonchev–Trinajstić information content (AvgIpc) is 2.45. The summed E-state index contributed by atoms with van der Waals surface area (Å²) in [7, 11) is 0. The van der Waals surface area contributed by atoms with Crippen molar-refractivity contribution in [1.82, 2.24) is 4.98 Å². The molecule has 0 saturated heterocycles. The summed E-state index contributed by atoms with van der Waals surface area (Å²) in [5, 5.41) is 9.94. The molecule has 0 radical (unpaired) electrons. The fourth-order valence-electron chi connectivity index (χ4n) is 1.95. The minimum Gasteiger partial charge on any atom is -0.480 e. The number of carboxylic acids is 1. The molecule has 0 aliphatic carbocycles. The van der Waals surface area contributed by atoms with Crippen LogP contribution >= 0.6 is 0 Å². The summed E-state index contributed by atoms with van der Waals surface area (Å²) in [6.45, 7) is 0. The number of carbonyl (C=O) groups is 3. The molecule has 0 aliphatic heterocycles. The Kier molecular flexibility index (Phi) is 3.68. The number of ketones is 1. The topological polar surface area (TPSA) is 136 Å². The summed E-state index contributed by atoms with van der Waals surface area (Å²) in [4.78, 5) is 38.6. The Morgan fingerprint density at radius 1 is 1.14 bits per heavy atom. The van der Waals surface area contributed by atoms with Crippen LogP contribution in [0.2, 0.25) is 0 Å². The molecule has 0 spiro atoms. The number of carboxylic acid groups (broad SMARTS) is 1. The monoisotopic (exact) mass is 287 g/mol. The van der Waals surface area contributed by atoms with Gasteiger partial charge in [-0.2, -0.15) is 0 Å². The zero-order valence-corrected chi connectivity index (χ0v) is 10.9. The lowest BCUT2D eigenvalue weighted by molar-refractivity contribution is -0.143. The number of rotatable bonds is 5. The molecule has 1 amide bonds. The number of amides is 1. The first-order valence-electron chi connectivity index (χ1n) is 6.06. The number of para-hydroxylation sites is 1. The van der Waals surface area contributed by atoms with Gasteiger partial charge < -0.3 is 16.6 Å². The number of carbonyl (C=O) groups excluding carboxylic acids is 2. The normalized spacial score (nSPS) is 13.6. The van der Waals surface area contributed by atoms with Crippen molar-refractivity contribution in [1.29, 1.82) is 0 Å². The van der Waals surface area contributed by atoms with E-state index in [1.165, 1.54) is 6.07 Å². The van der Waals surface area contributed by atoms with Gasteiger partial charge in [0, 0.05) is 5.39 Å². The zero-order valence-electron chi connectivity index (χ0n) is 10.9. The van der Waals surface area contributed by atoms with Crippen molar-refractivity contribution in [3.63, 3.8) is 0 Å². The van der Waals surface area contributed by atoms with Crippen molar-refractivity contribution in [2.75, 3.05) is 0 Å². The molecule has 0 aliphatic rings. The number of hydrogen-bond acceptors (Lipinski definition) is 5. The largest absolute Gasteiger partial charge is 0.480 e. The van der Waals surface area contributed by atoms with Crippen LogP contribution in [0.25, 0.3) is 10.9 Å². The van der Waals surface area contributed by atoms with Crippen LogP contribution in [-0.2, 0) is 9.59 Å². The van der Waals surface area contributed by atoms with Gasteiger partial charge in [-0.05, 0) is 12.1 Å². The highest BCUT2D eigenvalue weighted by Gasteiger charge is 2.44. The van der Waals surface area contributed by atoms with E-state index in [1.54, 1.807) is 24.3 Å². The van der Waals surface area contributed by atoms with E-state index in [0.29, 0.717) is 5.52 Å². The van der Waals surface area contributed by atoms with Gasteiger partial charge in [0.05, 0.1) is 11.9 Å². The van der Waals surface area contributed by atoms with Gasteiger partial charge in [0.25, 0.3) is 0 Å². The standard InChI is InChI=1S/C14H13N3O4/c15-11(18)7-14(16,13(20)21)12(19)10-6-5-8-3-1-2-4-9(8)17-10/h1-6H,7,16H2,(H2,15,18)(H,20,21)/t14-/m1/s1. The van der Waals surface area contributed by atoms with E-state index in [0.717, 1.165) is 5.39 Å². The lowest BCUT2D eigenvalue weighted by Crippen LogP contribution is -2.57. The first-order chi connectivity index (χ1) is 9.84. The maximum absolute atomic E-state index is 12.3. The summed E-state index contributed by atoms with van der Waals surface area (Å²) in [6, 6.07) is 10.0. The molecule has 2 aromatic rings. The number of aromatic nitrogens is 1. The summed E-state index contributed by atoms with van der Waals surface area (Å²) in [5.74, 6) is -3.56. The number of fused-ring (bicyclic) bond motifs is 1. The molecular formula is C14H13N3O4. The number of Topliss-reactive ketones (excluding diaryl/α,β-unsaturated/α-hetero) is 1. The Morgan fingerprint density at radius 2 is 1.81 bits per heavy atom. The third-order valence-corrected chi connectivity index (χ3v) is 3.07. The second kappa shape index (κ2) is 5.29. The summed E-state index contributed by atoms with van der Waals surface area (Å²) < 4.78 is 0. The van der Waals surface area contributed by atoms with Crippen LogP contribution in [0, 0.1) is 0 Å². The number of aliphatic carboxylic acids is 1. The van der Waals surface area contributed by atoms with Gasteiger partial charge in [0.15, 0.2) is 5.54 Å². The minimum atomic E-state index is -2.42. The van der Waals surface area contributed by atoms with Gasteiger partial charge >= 0.3 is 5.97 Å². The SMILES string of the molecule is NC(=O)C[C@](N)(C(=O)O)C(=O)c1ccc2ccccc2n1. The number of hydrogen-bond donors (Lipinski definition) is 3. The molecular weight excluding hydrogens is 274 g/mol. The Bertz CT molecular complexity index is 744. The molecule has 5 N–H and O–H groups in total. The second-order valence-electron chi connectivity index (χ2n) is 4.64. The van der Waals surface area contributed by atoms with E-state index < -0.39 is 29.6 Å². The van der Waals surface area contributed by atoms with Crippen molar-refractivity contribution in [2.45, 2.75) is 12.0 Å². The minimum absolute atomic E-state index is 0.125. The van der Waals surface area contributed by atoms with Gasteiger partial charge in [0.2, 0.25) is 11.7 Å². The quantitative estimate of drug-likeness (QED) is 0.526. The Hall–Kier alpha value is -2.80. The zero-order chi connectivity index (χ0) is 15.6. The molecule has 0 saturated carbocycles. The maximum Gasteiger partial charge on any atom is 0.332 e. The summed E-state index contributed by atoms with van der Waals surface area (Å²) in [5.41, 5.74) is 8.52. The van der Waals surface area contributed by atoms with E-state index >= 15 is 0 Å². The van der Waals surface area contributed by atoms with Crippen LogP contribution in [0.5, 0.6) is 0 Å². The molecule has 7 heteroatoms. The highest BCUT2D eigenvalue weighted by atomic mass is 16.4. The van der Waals surface area contributed by atoms with Crippen LogP contribution in [-0.4, -0.2) is 33.3 Å². The molecule has 1 aromatic carbocycles. The van der Waals surface area contributed by atoms with Crippen molar-refractivity contribution >= 4 is 28.6 Å². The average molecular weight is 287 g/mol. The second-order valence-corrected chi connectivity index (χ2v) is 4.64. The smallest absolute Gasteiger partial charge is 0.332 e. The molecule has 1 atom stereocenters. The van der Waals surface area contributed by atoms with Gasteiger partial charge in [-0.15, -0.1) is 0 Å². The number of nitrogens with two attached hydrogens (primary N) is 2. The van der Waals surface area contributed by atoms with Crippen molar-refractivity contribution in [2.24, 2.45) is 11.5 Å². The molecule has 21 heavy (non-hydrogen) atoms. The van der Waals surface area contributed by atoms with E-state index in [2.05, 4.69) is 4.98 Å². The lowest BCUT2D eigenvalue weighted by Gasteiger charge is -2.21. The molecule has 2 rings (SSSR count). The highest BCUT2D eigenvalue weighted by Crippen LogP contribution is 2.18. The van der Waals surface area contributed by atoms with E-state index in [-0.39, 0.29) is 5.69 Å². The van der Waals surface area contributed by atoms with Crippen LogP contribution in [0.15, 0.2) is 36.4 Å². The Morgan fingerprint density at radius 3 is 2.43 bits per heavy atom. The van der Waals surface area contributed by atoms with E-state index in [4.69, 9.17) is 16.6 Å². The first kappa shape index (κ1) is 14.6. The predicted molar refractivity (Wildman–Crippen MR) is 74.4 cm³/mol. The van der Waals surface area contributed by atoms with Gasteiger partial charge in [-0.1, -0.05) is 24.3 Å². The number of benzene rings is 1. The van der Waals surface area contributed by atoms with Crippen molar-refractivity contribution in [3.8, 4) is 0 Å². The van der Waals surface area contributed by atoms with Crippen LogP contribution in [0.3, 0.4) is 0 Å². The van der Waals surface area contributed by atoms with Crippen molar-refractivity contribution < 1.29 is 19.5 Å². The molecule has 108 valence electrons. The van der Waals surface area contributed by atoms with E-state index in [9.17, 15) is 14.4 Å². The van der Waals surface area contributed by atoms with Gasteiger partial charge in [-0.3, -0.25) is 9.59 Å². The first-order valence-corrected chi connectivity index (χ1v) is 6.06. The number of nitrogens with zero attached hydrogens (tertiary/aromatic N) is 1. The summed E-state index contributed by atoms with van der Waals surface area (Å²) >= 11 is 0. The van der Waals surface area contributed by atoms with Crippen LogP contribution in [0.4, 0.5) is 0 Å². The third kappa shape index (κ3) is 2.72. The third-order valence-electron chi connectivity index (χ3n) is 3.07. The fourth-order valence-corrected chi connectivity index (χ4v) is 1.95. The fraction of sp³-hybridized carbons (Fsp3) is 0.143. The highest BCUT2D eigenvalue weighted by molar-refractivity contribution is 6.17. The molecule has 1 heterocycles. The van der Waals surface area contributed by atoms with Crippen molar-refractivity contribution in [3.05, 3.63) is 42.1 Å². The predicted octanol–water partition coefficient (Wildman–Crippen LogP) is 0.0750.